The molecule has 1 aromatic rings. The lowest BCUT2D eigenvalue weighted by atomic mass is 10.00. The number of ether oxygens (including phenoxy) is 2. The molecule has 1 aromatic carbocycles. The van der Waals surface area contributed by atoms with E-state index in [1.165, 1.54) is 11.1 Å². The summed E-state index contributed by atoms with van der Waals surface area (Å²) in [5.74, 6) is -1.21. The summed E-state index contributed by atoms with van der Waals surface area (Å²) >= 11 is 0. The highest BCUT2D eigenvalue weighted by atomic mass is 16.5. The summed E-state index contributed by atoms with van der Waals surface area (Å²) < 4.78 is 11.0. The van der Waals surface area contributed by atoms with E-state index in [1.807, 2.05) is 12.1 Å². The third-order valence-electron chi connectivity index (χ3n) is 5.17. The number of methoxy groups -OCH3 is 1. The molecule has 2 N–H and O–H groups in total. The molecule has 2 aliphatic rings. The van der Waals surface area contributed by atoms with Crippen molar-refractivity contribution in [1.29, 1.82) is 0 Å². The molecule has 1 heterocycles. The number of carbonyl (C=O) groups excluding carboxylic acids is 2. The second-order valence-corrected chi connectivity index (χ2v) is 6.90. The van der Waals surface area contributed by atoms with Crippen LogP contribution in [0.15, 0.2) is 24.3 Å². The van der Waals surface area contributed by atoms with Gasteiger partial charge < -0.3 is 20.1 Å². The van der Waals surface area contributed by atoms with Crippen LogP contribution >= 0.6 is 0 Å². The topological polar surface area (TPSA) is 79.9 Å². The molecule has 7 nitrogen and oxygen atoms in total. The zero-order valence-electron chi connectivity index (χ0n) is 15.3. The predicted molar refractivity (Wildman–Crippen MR) is 96.9 cm³/mol. The van der Waals surface area contributed by atoms with E-state index in [2.05, 4.69) is 27.7 Å². The van der Waals surface area contributed by atoms with E-state index >= 15 is 0 Å². The van der Waals surface area contributed by atoms with Crippen molar-refractivity contribution >= 4 is 11.8 Å². The van der Waals surface area contributed by atoms with E-state index in [1.54, 1.807) is 7.11 Å². The van der Waals surface area contributed by atoms with Crippen LogP contribution in [0.3, 0.4) is 0 Å². The quantitative estimate of drug-likeness (QED) is 0.682. The number of rotatable bonds is 6. The highest BCUT2D eigenvalue weighted by Gasteiger charge is 2.37. The van der Waals surface area contributed by atoms with Crippen LogP contribution in [0.2, 0.25) is 0 Å². The van der Waals surface area contributed by atoms with Crippen LogP contribution in [0.5, 0.6) is 0 Å². The smallest absolute Gasteiger partial charge is 0.309 e. The Balaban J connectivity index is 1.42. The Kier molecular flexibility index (Phi) is 6.24. The number of hydrogen-bond acceptors (Lipinski definition) is 5. The zero-order chi connectivity index (χ0) is 18.4. The first-order valence-corrected chi connectivity index (χ1v) is 9.10. The molecule has 3 rings (SSSR count). The van der Waals surface area contributed by atoms with Crippen molar-refractivity contribution in [3.05, 3.63) is 35.4 Å². The van der Waals surface area contributed by atoms with Crippen molar-refractivity contribution in [2.24, 2.45) is 0 Å². The second-order valence-electron chi connectivity index (χ2n) is 6.90. The van der Waals surface area contributed by atoms with Crippen LogP contribution < -0.4 is 10.6 Å². The van der Waals surface area contributed by atoms with E-state index in [4.69, 9.17) is 9.47 Å². The number of morpholine rings is 1. The third-order valence-corrected chi connectivity index (χ3v) is 5.17. The summed E-state index contributed by atoms with van der Waals surface area (Å²) in [5, 5.41) is 5.41. The van der Waals surface area contributed by atoms with E-state index in [-0.39, 0.29) is 0 Å². The standard InChI is InChI=1S/C19H27N3O4/c1-25-19(12-15-4-2-3-5-16(15)13-19)14-21-18(24)17(23)20-6-7-22-8-10-26-11-9-22/h2-5H,6-14H2,1H3,(H,20,23)(H,21,24). The molecule has 0 aromatic heterocycles. The van der Waals surface area contributed by atoms with Crippen LogP contribution in [-0.2, 0) is 31.9 Å². The fourth-order valence-electron chi connectivity index (χ4n) is 3.55. The average molecular weight is 361 g/mol. The minimum atomic E-state index is -0.612. The Hall–Kier alpha value is -1.96. The number of fused-ring (bicyclic) bond motifs is 1. The number of amides is 2. The summed E-state index contributed by atoms with van der Waals surface area (Å²) in [6.07, 6.45) is 1.47. The summed E-state index contributed by atoms with van der Waals surface area (Å²) in [4.78, 5) is 26.3. The van der Waals surface area contributed by atoms with E-state index < -0.39 is 17.4 Å². The average Bonchev–Trinajstić information content (AvgIpc) is 3.06. The molecule has 7 heteroatoms. The maximum absolute atomic E-state index is 12.1. The zero-order valence-corrected chi connectivity index (χ0v) is 15.3. The molecule has 142 valence electrons. The highest BCUT2D eigenvalue weighted by Crippen LogP contribution is 2.31. The molecule has 26 heavy (non-hydrogen) atoms. The largest absolute Gasteiger partial charge is 0.379 e. The van der Waals surface area contributed by atoms with Gasteiger partial charge in [-0.05, 0) is 11.1 Å². The van der Waals surface area contributed by atoms with E-state index in [9.17, 15) is 9.59 Å². The molecular formula is C19H27N3O4. The van der Waals surface area contributed by atoms with Gasteiger partial charge in [-0.15, -0.1) is 0 Å². The number of carbonyl (C=O) groups is 2. The van der Waals surface area contributed by atoms with Crippen molar-refractivity contribution in [3.63, 3.8) is 0 Å². The van der Waals surface area contributed by atoms with Gasteiger partial charge in [-0.25, -0.2) is 0 Å². The molecule has 0 bridgehead atoms. The Morgan fingerprint density at radius 1 is 1.12 bits per heavy atom. The highest BCUT2D eigenvalue weighted by molar-refractivity contribution is 6.35. The number of benzene rings is 1. The van der Waals surface area contributed by atoms with Crippen LogP contribution in [0.1, 0.15) is 11.1 Å². The van der Waals surface area contributed by atoms with Crippen molar-refractivity contribution in [1.82, 2.24) is 15.5 Å². The number of nitrogens with zero attached hydrogens (tertiary/aromatic N) is 1. The van der Waals surface area contributed by atoms with Gasteiger partial charge in [0.25, 0.3) is 0 Å². The Morgan fingerprint density at radius 3 is 2.35 bits per heavy atom. The first-order chi connectivity index (χ1) is 12.6. The normalized spacial score (nSPS) is 19.0. The summed E-state index contributed by atoms with van der Waals surface area (Å²) in [5.41, 5.74) is 1.99. The van der Waals surface area contributed by atoms with Gasteiger partial charge in [0.15, 0.2) is 0 Å². The first-order valence-electron chi connectivity index (χ1n) is 9.10. The lowest BCUT2D eigenvalue weighted by Crippen LogP contribution is -2.50. The van der Waals surface area contributed by atoms with Gasteiger partial charge in [-0.2, -0.15) is 0 Å². The van der Waals surface area contributed by atoms with Crippen LogP contribution in [0.4, 0.5) is 0 Å². The van der Waals surface area contributed by atoms with Crippen molar-refractivity contribution in [3.8, 4) is 0 Å². The third kappa shape index (κ3) is 4.60. The molecule has 1 saturated heterocycles. The predicted octanol–water partition coefficient (Wildman–Crippen LogP) is -0.265. The summed E-state index contributed by atoms with van der Waals surface area (Å²) in [6.45, 7) is 4.64. The van der Waals surface area contributed by atoms with Crippen molar-refractivity contribution in [2.45, 2.75) is 18.4 Å². The van der Waals surface area contributed by atoms with Crippen LogP contribution in [0, 0.1) is 0 Å². The lowest BCUT2D eigenvalue weighted by molar-refractivity contribution is -0.140. The monoisotopic (exact) mass is 361 g/mol. The van der Waals surface area contributed by atoms with E-state index in [0.717, 1.165) is 45.7 Å². The van der Waals surface area contributed by atoms with Gasteiger partial charge in [0.1, 0.15) is 0 Å². The summed E-state index contributed by atoms with van der Waals surface area (Å²) in [6, 6.07) is 8.17. The van der Waals surface area contributed by atoms with Gasteiger partial charge in [-0.3, -0.25) is 14.5 Å². The van der Waals surface area contributed by atoms with Gasteiger partial charge in [0.2, 0.25) is 0 Å². The molecule has 0 radical (unpaired) electrons. The van der Waals surface area contributed by atoms with Crippen LogP contribution in [-0.4, -0.2) is 75.4 Å². The maximum Gasteiger partial charge on any atom is 0.309 e. The molecular weight excluding hydrogens is 334 g/mol. The molecule has 0 atom stereocenters. The molecule has 2 amide bonds. The maximum atomic E-state index is 12.1. The Labute approximate surface area is 154 Å². The molecule has 1 aliphatic carbocycles. The molecule has 1 aliphatic heterocycles. The SMILES string of the molecule is COC1(CNC(=O)C(=O)NCCN2CCOCC2)Cc2ccccc2C1. The molecule has 1 fully saturated rings. The summed E-state index contributed by atoms with van der Waals surface area (Å²) in [7, 11) is 1.65. The Morgan fingerprint density at radius 2 is 1.73 bits per heavy atom. The fourth-order valence-corrected chi connectivity index (χ4v) is 3.55. The minimum Gasteiger partial charge on any atom is -0.379 e. The van der Waals surface area contributed by atoms with Crippen LogP contribution in [0.25, 0.3) is 0 Å². The second kappa shape index (κ2) is 8.62. The van der Waals surface area contributed by atoms with Gasteiger partial charge in [0, 0.05) is 52.7 Å². The van der Waals surface area contributed by atoms with E-state index in [0.29, 0.717) is 13.1 Å². The first kappa shape index (κ1) is 18.8. The number of nitrogens with one attached hydrogen (secondary N) is 2. The van der Waals surface area contributed by atoms with Crippen molar-refractivity contribution in [2.75, 3.05) is 53.0 Å². The molecule has 0 unspecified atom stereocenters. The number of hydrogen-bond donors (Lipinski definition) is 2. The van der Waals surface area contributed by atoms with Gasteiger partial charge in [0.05, 0.1) is 18.8 Å². The lowest BCUT2D eigenvalue weighted by Gasteiger charge is -2.28. The minimum absolute atomic E-state index is 0.313. The van der Waals surface area contributed by atoms with Crippen molar-refractivity contribution < 1.29 is 19.1 Å². The molecule has 0 saturated carbocycles. The Bertz CT molecular complexity index is 618. The fraction of sp³-hybridized carbons (Fsp3) is 0.579. The van der Waals surface area contributed by atoms with Gasteiger partial charge in [-0.1, -0.05) is 24.3 Å². The van der Waals surface area contributed by atoms with Gasteiger partial charge >= 0.3 is 11.8 Å². The molecule has 0 spiro atoms.